The smallest absolute Gasteiger partial charge is 0.310 e. The summed E-state index contributed by atoms with van der Waals surface area (Å²) in [4.78, 5) is 54.4. The molecule has 0 unspecified atom stereocenters. The first-order valence-electron chi connectivity index (χ1n) is 12.6. The van der Waals surface area contributed by atoms with Crippen LogP contribution in [0.15, 0.2) is 30.3 Å². The predicted molar refractivity (Wildman–Crippen MR) is 131 cm³/mol. The molecular weight excluding hydrogens is 481 g/mol. The molecule has 2 atom stereocenters. The zero-order valence-corrected chi connectivity index (χ0v) is 21.1. The van der Waals surface area contributed by atoms with Crippen molar-refractivity contribution < 1.29 is 28.3 Å². The number of rotatable bonds is 7. The van der Waals surface area contributed by atoms with Gasteiger partial charge in [-0.2, -0.15) is 5.10 Å². The lowest BCUT2D eigenvalue weighted by Gasteiger charge is -2.33. The summed E-state index contributed by atoms with van der Waals surface area (Å²) in [5.74, 6) is -2.13. The van der Waals surface area contributed by atoms with E-state index in [0.29, 0.717) is 45.4 Å². The van der Waals surface area contributed by atoms with Crippen molar-refractivity contribution in [2.75, 3.05) is 26.2 Å². The number of fused-ring (bicyclic) bond motifs is 1. The van der Waals surface area contributed by atoms with Gasteiger partial charge in [-0.05, 0) is 50.8 Å². The van der Waals surface area contributed by atoms with Crippen molar-refractivity contribution >= 4 is 23.7 Å². The number of hydrogen-bond acceptors (Lipinski definition) is 6. The molecule has 0 radical (unpaired) electrons. The van der Waals surface area contributed by atoms with E-state index in [9.17, 15) is 23.6 Å². The van der Waals surface area contributed by atoms with Crippen LogP contribution in [-0.2, 0) is 27.4 Å². The molecule has 1 N–H and O–H groups in total. The van der Waals surface area contributed by atoms with E-state index in [0.717, 1.165) is 5.56 Å². The molecule has 0 saturated carbocycles. The Morgan fingerprint density at radius 3 is 2.65 bits per heavy atom. The third-order valence-electron chi connectivity index (χ3n) is 6.67. The van der Waals surface area contributed by atoms with Gasteiger partial charge in [0.1, 0.15) is 17.6 Å². The maximum atomic E-state index is 13.2. The number of aryl methyl sites for hydroxylation is 1. The van der Waals surface area contributed by atoms with Crippen LogP contribution in [0.3, 0.4) is 0 Å². The molecule has 4 rings (SSSR count). The average Bonchev–Trinajstić information content (AvgIpc) is 3.27. The van der Waals surface area contributed by atoms with Crippen LogP contribution in [0.4, 0.5) is 4.39 Å². The predicted octanol–water partition coefficient (Wildman–Crippen LogP) is 1.99. The van der Waals surface area contributed by atoms with Crippen molar-refractivity contribution in [2.24, 2.45) is 5.92 Å². The Hall–Kier alpha value is -3.76. The lowest BCUT2D eigenvalue weighted by molar-refractivity contribution is -0.151. The number of aromatic nitrogens is 2. The van der Waals surface area contributed by atoms with Crippen molar-refractivity contribution in [3.05, 3.63) is 53.1 Å². The normalized spacial score (nSPS) is 18.6. The lowest BCUT2D eigenvalue weighted by Crippen LogP contribution is -2.51. The number of carbonyl (C=O) groups is 4. The average molecular weight is 514 g/mol. The zero-order chi connectivity index (χ0) is 26.5. The van der Waals surface area contributed by atoms with E-state index in [1.807, 2.05) is 0 Å². The van der Waals surface area contributed by atoms with Gasteiger partial charge >= 0.3 is 5.97 Å². The standard InChI is InChI=1S/C26H32FN5O5/c1-3-37-26(36)19-6-4-11-31(16-19)24(34)17(2)28-23(33)21-14-22-25(35)30(12-5-13-32(22)29-21)15-18-7-9-20(27)10-8-18/h7-10,14,17,19H,3-6,11-13,15-16H2,1-2H3,(H,28,33)/t17-,19-/m0/s1. The maximum absolute atomic E-state index is 13.2. The summed E-state index contributed by atoms with van der Waals surface area (Å²) >= 11 is 0. The molecule has 3 amide bonds. The Morgan fingerprint density at radius 1 is 1.16 bits per heavy atom. The van der Waals surface area contributed by atoms with Gasteiger partial charge in [0.05, 0.1) is 12.5 Å². The first kappa shape index (κ1) is 26.3. The number of benzene rings is 1. The minimum atomic E-state index is -0.833. The molecule has 0 bridgehead atoms. The van der Waals surface area contributed by atoms with E-state index >= 15 is 0 Å². The molecule has 1 saturated heterocycles. The second-order valence-corrected chi connectivity index (χ2v) is 9.42. The molecule has 10 nitrogen and oxygen atoms in total. The largest absolute Gasteiger partial charge is 0.466 e. The second kappa shape index (κ2) is 11.5. The van der Waals surface area contributed by atoms with Gasteiger partial charge in [-0.3, -0.25) is 23.9 Å². The van der Waals surface area contributed by atoms with Gasteiger partial charge in [0.25, 0.3) is 11.8 Å². The van der Waals surface area contributed by atoms with Crippen LogP contribution in [0.1, 0.15) is 59.7 Å². The van der Waals surface area contributed by atoms with Gasteiger partial charge in [-0.25, -0.2) is 4.39 Å². The molecular formula is C26H32FN5O5. The second-order valence-electron chi connectivity index (χ2n) is 9.42. The van der Waals surface area contributed by atoms with Crippen LogP contribution in [0, 0.1) is 11.7 Å². The number of hydrogen-bond donors (Lipinski definition) is 1. The number of piperidine rings is 1. The Bertz CT molecular complexity index is 1160. The van der Waals surface area contributed by atoms with E-state index in [4.69, 9.17) is 4.74 Å². The van der Waals surface area contributed by atoms with Crippen LogP contribution in [-0.4, -0.2) is 75.6 Å². The number of halogens is 1. The van der Waals surface area contributed by atoms with E-state index in [2.05, 4.69) is 10.4 Å². The molecule has 0 spiro atoms. The highest BCUT2D eigenvalue weighted by molar-refractivity contribution is 5.99. The fourth-order valence-electron chi connectivity index (χ4n) is 4.74. The monoisotopic (exact) mass is 513 g/mol. The molecule has 0 aliphatic carbocycles. The highest BCUT2D eigenvalue weighted by Crippen LogP contribution is 2.20. The Balaban J connectivity index is 1.39. The SMILES string of the molecule is CCOC(=O)[C@H]1CCCN(C(=O)[C@H](C)NC(=O)c2cc3n(n2)CCCN(Cc2ccc(F)cc2)C3=O)C1. The fourth-order valence-corrected chi connectivity index (χ4v) is 4.74. The molecule has 2 aliphatic rings. The summed E-state index contributed by atoms with van der Waals surface area (Å²) in [7, 11) is 0. The minimum Gasteiger partial charge on any atom is -0.466 e. The summed E-state index contributed by atoms with van der Waals surface area (Å²) in [6.07, 6.45) is 1.99. The molecule has 2 aromatic rings. The maximum Gasteiger partial charge on any atom is 0.310 e. The van der Waals surface area contributed by atoms with E-state index in [1.165, 1.54) is 22.9 Å². The van der Waals surface area contributed by atoms with Crippen LogP contribution < -0.4 is 5.32 Å². The van der Waals surface area contributed by atoms with Gasteiger partial charge in [-0.1, -0.05) is 12.1 Å². The summed E-state index contributed by atoms with van der Waals surface area (Å²) < 4.78 is 19.8. The quantitative estimate of drug-likeness (QED) is 0.567. The van der Waals surface area contributed by atoms with Gasteiger partial charge in [0, 0.05) is 38.8 Å². The molecule has 198 valence electrons. The van der Waals surface area contributed by atoms with Crippen LogP contribution >= 0.6 is 0 Å². The molecule has 37 heavy (non-hydrogen) atoms. The van der Waals surface area contributed by atoms with Gasteiger partial charge < -0.3 is 19.9 Å². The summed E-state index contributed by atoms with van der Waals surface area (Å²) in [5, 5.41) is 6.99. The third kappa shape index (κ3) is 6.15. The van der Waals surface area contributed by atoms with E-state index < -0.39 is 11.9 Å². The first-order chi connectivity index (χ1) is 17.8. The highest BCUT2D eigenvalue weighted by atomic mass is 19.1. The lowest BCUT2D eigenvalue weighted by atomic mass is 9.97. The summed E-state index contributed by atoms with van der Waals surface area (Å²) in [5.41, 5.74) is 1.14. The Morgan fingerprint density at radius 2 is 1.92 bits per heavy atom. The van der Waals surface area contributed by atoms with Gasteiger partial charge in [-0.15, -0.1) is 0 Å². The van der Waals surface area contributed by atoms with Gasteiger partial charge in [0.2, 0.25) is 5.91 Å². The zero-order valence-electron chi connectivity index (χ0n) is 21.1. The van der Waals surface area contributed by atoms with Gasteiger partial charge in [0.15, 0.2) is 5.69 Å². The van der Waals surface area contributed by atoms with E-state index in [1.54, 1.807) is 35.8 Å². The van der Waals surface area contributed by atoms with Crippen LogP contribution in [0.25, 0.3) is 0 Å². The number of esters is 1. The molecule has 3 heterocycles. The Kier molecular flexibility index (Phi) is 8.20. The number of carbonyl (C=O) groups excluding carboxylic acids is 4. The molecule has 11 heteroatoms. The van der Waals surface area contributed by atoms with Crippen LogP contribution in [0.2, 0.25) is 0 Å². The van der Waals surface area contributed by atoms with Crippen LogP contribution in [0.5, 0.6) is 0 Å². The topological polar surface area (TPSA) is 114 Å². The third-order valence-corrected chi connectivity index (χ3v) is 6.67. The molecule has 1 fully saturated rings. The van der Waals surface area contributed by atoms with Crippen molar-refractivity contribution in [1.82, 2.24) is 24.9 Å². The van der Waals surface area contributed by atoms with Crippen molar-refractivity contribution in [1.29, 1.82) is 0 Å². The number of nitrogens with one attached hydrogen (secondary N) is 1. The van der Waals surface area contributed by atoms with Crippen molar-refractivity contribution in [3.63, 3.8) is 0 Å². The number of nitrogens with zero attached hydrogens (tertiary/aromatic N) is 4. The fraction of sp³-hybridized carbons (Fsp3) is 0.500. The summed E-state index contributed by atoms with van der Waals surface area (Å²) in [6, 6.07) is 6.59. The Labute approximate surface area is 214 Å². The molecule has 1 aromatic carbocycles. The van der Waals surface area contributed by atoms with Crippen molar-refractivity contribution in [3.8, 4) is 0 Å². The van der Waals surface area contributed by atoms with Crippen molar-refractivity contribution in [2.45, 2.75) is 52.2 Å². The van der Waals surface area contributed by atoms with E-state index in [-0.39, 0.29) is 54.1 Å². The summed E-state index contributed by atoms with van der Waals surface area (Å²) in [6.45, 7) is 5.68. The first-order valence-corrected chi connectivity index (χ1v) is 12.6. The molecule has 1 aromatic heterocycles. The molecule has 2 aliphatic heterocycles. The number of amides is 3. The minimum absolute atomic E-state index is 0.0506. The highest BCUT2D eigenvalue weighted by Gasteiger charge is 2.32. The number of ether oxygens (including phenoxy) is 1. The number of likely N-dealkylation sites (tertiary alicyclic amines) is 1.